The Balaban J connectivity index is 1.75. The van der Waals surface area contributed by atoms with Gasteiger partial charge in [0.2, 0.25) is 0 Å². The molecule has 0 radical (unpaired) electrons. The highest BCUT2D eigenvalue weighted by Gasteiger charge is 2.16. The molecule has 0 unspecified atom stereocenters. The normalized spacial score (nSPS) is 11.4. The standard InChI is InChI=1S/C21H15N3S2/c22-14-7-5-12(6-8-14)16-11-25-20-15(10-24-21(23)19(16)20)18-9-13-3-1-2-4-17(13)26-18/h1-11H,22H2,(H2,23,24). The number of nitrogens with zero attached hydrogens (tertiary/aromatic N) is 1. The van der Waals surface area contributed by atoms with Gasteiger partial charge < -0.3 is 11.5 Å². The highest BCUT2D eigenvalue weighted by atomic mass is 32.1. The summed E-state index contributed by atoms with van der Waals surface area (Å²) < 4.78 is 2.46. The molecule has 26 heavy (non-hydrogen) atoms. The molecule has 3 nitrogen and oxygen atoms in total. The van der Waals surface area contributed by atoms with E-state index < -0.39 is 0 Å². The molecule has 5 aromatic rings. The molecule has 5 heteroatoms. The molecule has 0 aliphatic rings. The smallest absolute Gasteiger partial charge is 0.132 e. The quantitative estimate of drug-likeness (QED) is 0.372. The second kappa shape index (κ2) is 5.83. The van der Waals surface area contributed by atoms with Crippen molar-refractivity contribution in [2.24, 2.45) is 0 Å². The van der Waals surface area contributed by atoms with Gasteiger partial charge in [-0.05, 0) is 40.6 Å². The van der Waals surface area contributed by atoms with Crippen LogP contribution in [0.5, 0.6) is 0 Å². The monoisotopic (exact) mass is 373 g/mol. The van der Waals surface area contributed by atoms with E-state index in [-0.39, 0.29) is 0 Å². The fraction of sp³-hybridized carbons (Fsp3) is 0. The maximum absolute atomic E-state index is 6.27. The van der Waals surface area contributed by atoms with Crippen LogP contribution in [0.2, 0.25) is 0 Å². The number of aromatic nitrogens is 1. The Morgan fingerprint density at radius 1 is 0.885 bits per heavy atom. The molecule has 126 valence electrons. The van der Waals surface area contributed by atoms with Crippen LogP contribution in [-0.2, 0) is 0 Å². The van der Waals surface area contributed by atoms with Gasteiger partial charge in [-0.15, -0.1) is 22.7 Å². The Morgan fingerprint density at radius 2 is 1.69 bits per heavy atom. The molecule has 2 aromatic carbocycles. The summed E-state index contributed by atoms with van der Waals surface area (Å²) in [6.45, 7) is 0. The molecule has 0 saturated heterocycles. The third kappa shape index (κ3) is 2.36. The molecule has 0 amide bonds. The van der Waals surface area contributed by atoms with E-state index in [2.05, 4.69) is 40.7 Å². The fourth-order valence-electron chi connectivity index (χ4n) is 3.23. The predicted molar refractivity (Wildman–Crippen MR) is 115 cm³/mol. The number of rotatable bonds is 2. The van der Waals surface area contributed by atoms with E-state index in [0.29, 0.717) is 5.82 Å². The Bertz CT molecular complexity index is 1220. The van der Waals surface area contributed by atoms with Crippen LogP contribution in [-0.4, -0.2) is 4.98 Å². The molecule has 0 spiro atoms. The maximum Gasteiger partial charge on any atom is 0.132 e. The average molecular weight is 374 g/mol. The van der Waals surface area contributed by atoms with Crippen molar-refractivity contribution >= 4 is 54.4 Å². The molecule has 3 heterocycles. The maximum atomic E-state index is 6.27. The first-order valence-corrected chi connectivity index (χ1v) is 9.91. The van der Waals surface area contributed by atoms with E-state index >= 15 is 0 Å². The number of nitrogens with two attached hydrogens (primary N) is 2. The van der Waals surface area contributed by atoms with E-state index in [0.717, 1.165) is 27.8 Å². The van der Waals surface area contributed by atoms with Crippen molar-refractivity contribution in [3.05, 3.63) is 66.2 Å². The van der Waals surface area contributed by atoms with Crippen molar-refractivity contribution in [2.75, 3.05) is 11.5 Å². The van der Waals surface area contributed by atoms with Gasteiger partial charge in [-0.2, -0.15) is 0 Å². The number of anilines is 2. The molecular weight excluding hydrogens is 358 g/mol. The molecule has 0 atom stereocenters. The molecular formula is C21H15N3S2. The lowest BCUT2D eigenvalue weighted by atomic mass is 10.0. The Labute approximate surface area is 158 Å². The summed E-state index contributed by atoms with van der Waals surface area (Å²) in [5.41, 5.74) is 16.2. The van der Waals surface area contributed by atoms with Crippen LogP contribution in [0.1, 0.15) is 0 Å². The first kappa shape index (κ1) is 15.4. The molecule has 0 bridgehead atoms. The lowest BCUT2D eigenvalue weighted by molar-refractivity contribution is 1.38. The van der Waals surface area contributed by atoms with E-state index in [4.69, 9.17) is 11.5 Å². The molecule has 3 aromatic heterocycles. The van der Waals surface area contributed by atoms with Crippen molar-refractivity contribution in [1.29, 1.82) is 0 Å². The minimum absolute atomic E-state index is 0.568. The van der Waals surface area contributed by atoms with Crippen LogP contribution >= 0.6 is 22.7 Å². The van der Waals surface area contributed by atoms with Crippen molar-refractivity contribution in [2.45, 2.75) is 0 Å². The van der Waals surface area contributed by atoms with Crippen LogP contribution in [0.25, 0.3) is 41.7 Å². The fourth-order valence-corrected chi connectivity index (χ4v) is 5.49. The van der Waals surface area contributed by atoms with Crippen molar-refractivity contribution < 1.29 is 0 Å². The second-order valence-electron chi connectivity index (χ2n) is 6.18. The van der Waals surface area contributed by atoms with Gasteiger partial charge >= 0.3 is 0 Å². The highest BCUT2D eigenvalue weighted by Crippen LogP contribution is 2.44. The second-order valence-corrected chi connectivity index (χ2v) is 8.14. The lowest BCUT2D eigenvalue weighted by Crippen LogP contribution is -1.92. The van der Waals surface area contributed by atoms with Gasteiger partial charge in [-0.25, -0.2) is 4.98 Å². The van der Waals surface area contributed by atoms with Crippen molar-refractivity contribution in [1.82, 2.24) is 4.98 Å². The first-order valence-electron chi connectivity index (χ1n) is 8.21. The molecule has 0 aliphatic carbocycles. The topological polar surface area (TPSA) is 64.9 Å². The predicted octanol–water partition coefficient (Wildman–Crippen LogP) is 6.01. The zero-order valence-electron chi connectivity index (χ0n) is 13.8. The van der Waals surface area contributed by atoms with E-state index in [1.807, 2.05) is 30.5 Å². The van der Waals surface area contributed by atoms with Gasteiger partial charge in [-0.1, -0.05) is 30.3 Å². The van der Waals surface area contributed by atoms with Crippen LogP contribution in [0.4, 0.5) is 11.5 Å². The summed E-state index contributed by atoms with van der Waals surface area (Å²) in [4.78, 5) is 5.71. The van der Waals surface area contributed by atoms with Gasteiger partial charge in [0.25, 0.3) is 0 Å². The van der Waals surface area contributed by atoms with Crippen LogP contribution < -0.4 is 11.5 Å². The van der Waals surface area contributed by atoms with Crippen molar-refractivity contribution in [3.8, 4) is 21.6 Å². The largest absolute Gasteiger partial charge is 0.399 e. The first-order chi connectivity index (χ1) is 12.7. The molecule has 0 aliphatic heterocycles. The minimum atomic E-state index is 0.568. The molecule has 4 N–H and O–H groups in total. The number of hydrogen-bond donors (Lipinski definition) is 2. The van der Waals surface area contributed by atoms with E-state index in [1.165, 1.54) is 19.7 Å². The number of hydrogen-bond acceptors (Lipinski definition) is 5. The summed E-state index contributed by atoms with van der Waals surface area (Å²) in [5, 5.41) is 4.44. The number of nitrogen functional groups attached to an aromatic ring is 2. The highest BCUT2D eigenvalue weighted by molar-refractivity contribution is 7.23. The van der Waals surface area contributed by atoms with Gasteiger partial charge in [-0.3, -0.25) is 0 Å². The summed E-state index contributed by atoms with van der Waals surface area (Å²) in [6, 6.07) is 18.6. The van der Waals surface area contributed by atoms with Gasteiger partial charge in [0.15, 0.2) is 0 Å². The van der Waals surface area contributed by atoms with Crippen LogP contribution in [0, 0.1) is 0 Å². The number of thiophene rings is 2. The Hall–Kier alpha value is -2.89. The third-order valence-corrected chi connectivity index (χ3v) is 6.70. The van der Waals surface area contributed by atoms with Crippen LogP contribution in [0.15, 0.2) is 66.2 Å². The average Bonchev–Trinajstić information content (AvgIpc) is 3.27. The van der Waals surface area contributed by atoms with Crippen molar-refractivity contribution in [3.63, 3.8) is 0 Å². The van der Waals surface area contributed by atoms with Gasteiger partial charge in [0.1, 0.15) is 5.82 Å². The van der Waals surface area contributed by atoms with Gasteiger partial charge in [0, 0.05) is 42.7 Å². The zero-order chi connectivity index (χ0) is 17.7. The minimum Gasteiger partial charge on any atom is -0.399 e. The van der Waals surface area contributed by atoms with Gasteiger partial charge in [0.05, 0.1) is 0 Å². The van der Waals surface area contributed by atoms with E-state index in [1.54, 1.807) is 22.7 Å². The Kier molecular flexibility index (Phi) is 3.45. The zero-order valence-corrected chi connectivity index (χ0v) is 15.4. The SMILES string of the molecule is Nc1ccc(-c2csc3c(-c4cc5ccccc5s4)cnc(N)c23)cc1. The summed E-state index contributed by atoms with van der Waals surface area (Å²) in [6.07, 6.45) is 1.89. The van der Waals surface area contributed by atoms with Crippen LogP contribution in [0.3, 0.4) is 0 Å². The molecule has 0 saturated carbocycles. The van der Waals surface area contributed by atoms with E-state index in [9.17, 15) is 0 Å². The summed E-state index contributed by atoms with van der Waals surface area (Å²) >= 11 is 3.50. The summed E-state index contributed by atoms with van der Waals surface area (Å²) in [7, 11) is 0. The third-order valence-electron chi connectivity index (χ3n) is 4.54. The molecule has 0 fully saturated rings. The molecule has 5 rings (SSSR count). The summed E-state index contributed by atoms with van der Waals surface area (Å²) in [5.74, 6) is 0.568. The number of benzene rings is 2. The number of fused-ring (bicyclic) bond motifs is 2. The Morgan fingerprint density at radius 3 is 2.50 bits per heavy atom. The lowest BCUT2D eigenvalue weighted by Gasteiger charge is -2.05. The number of pyridine rings is 1.